The number of nitrogens with one attached hydrogen (secondary N) is 1. The van der Waals surface area contributed by atoms with Crippen LogP contribution in [0.4, 0.5) is 8.78 Å². The average molecular weight is 378 g/mol. The highest BCUT2D eigenvalue weighted by Crippen LogP contribution is 2.15. The second kappa shape index (κ2) is 10.6. The molecule has 0 heterocycles. The number of amides is 1. The van der Waals surface area contributed by atoms with E-state index < -0.39 is 6.61 Å². The van der Waals surface area contributed by atoms with E-state index in [9.17, 15) is 13.6 Å². The summed E-state index contributed by atoms with van der Waals surface area (Å²) in [6.07, 6.45) is 0. The van der Waals surface area contributed by atoms with Crippen molar-refractivity contribution in [1.82, 2.24) is 10.2 Å². The Labute approximate surface area is 157 Å². The number of hydrogen-bond acceptors (Lipinski definition) is 4. The minimum Gasteiger partial charge on any atom is -0.435 e. The molecule has 0 bridgehead atoms. The Kier molecular flexibility index (Phi) is 8.16. The van der Waals surface area contributed by atoms with Crippen LogP contribution in [0.25, 0.3) is 0 Å². The van der Waals surface area contributed by atoms with Gasteiger partial charge in [0.2, 0.25) is 5.91 Å². The van der Waals surface area contributed by atoms with Gasteiger partial charge in [-0.05, 0) is 35.9 Å². The topological polar surface area (TPSA) is 50.8 Å². The lowest BCUT2D eigenvalue weighted by molar-refractivity contribution is -0.122. The molecule has 0 spiro atoms. The number of alkyl halides is 2. The van der Waals surface area contributed by atoms with Gasteiger partial charge in [0, 0.05) is 20.2 Å². The second-order valence-electron chi connectivity index (χ2n) is 6.22. The van der Waals surface area contributed by atoms with Crippen LogP contribution >= 0.6 is 0 Å². The van der Waals surface area contributed by atoms with Gasteiger partial charge in [-0.2, -0.15) is 8.78 Å². The third-order valence-electron chi connectivity index (χ3n) is 3.81. The number of carbonyl (C=O) groups excluding carboxylic acids is 1. The maximum atomic E-state index is 12.1. The lowest BCUT2D eigenvalue weighted by Gasteiger charge is -2.17. The molecule has 0 radical (unpaired) electrons. The largest absolute Gasteiger partial charge is 0.435 e. The number of ether oxygens (including phenoxy) is 2. The number of carbonyl (C=O) groups is 1. The fraction of sp³-hybridized carbons (Fsp3) is 0.350. The highest BCUT2D eigenvalue weighted by atomic mass is 19.3. The van der Waals surface area contributed by atoms with Gasteiger partial charge in [0.15, 0.2) is 0 Å². The number of likely N-dealkylation sites (N-methyl/N-ethyl adjacent to an activating group) is 1. The van der Waals surface area contributed by atoms with Gasteiger partial charge in [-0.1, -0.05) is 36.4 Å². The summed E-state index contributed by atoms with van der Waals surface area (Å²) in [6, 6.07) is 14.2. The Balaban J connectivity index is 1.77. The van der Waals surface area contributed by atoms with Crippen molar-refractivity contribution in [1.29, 1.82) is 0 Å². The molecule has 0 aliphatic heterocycles. The van der Waals surface area contributed by atoms with Gasteiger partial charge >= 0.3 is 6.61 Å². The molecule has 1 N–H and O–H groups in total. The van der Waals surface area contributed by atoms with E-state index in [0.29, 0.717) is 19.7 Å². The Bertz CT molecular complexity index is 723. The molecular formula is C20H24F2N2O3. The summed E-state index contributed by atoms with van der Waals surface area (Å²) in [7, 11) is 3.46. The Morgan fingerprint density at radius 3 is 2.48 bits per heavy atom. The first kappa shape index (κ1) is 20.8. The lowest BCUT2D eigenvalue weighted by Crippen LogP contribution is -2.34. The molecule has 146 valence electrons. The third-order valence-corrected chi connectivity index (χ3v) is 3.81. The molecule has 0 fully saturated rings. The maximum Gasteiger partial charge on any atom is 0.387 e. The molecule has 2 rings (SSSR count). The van der Waals surface area contributed by atoms with Crippen molar-refractivity contribution in [3.8, 4) is 5.75 Å². The molecule has 27 heavy (non-hydrogen) atoms. The molecule has 0 aliphatic carbocycles. The van der Waals surface area contributed by atoms with Gasteiger partial charge in [0.1, 0.15) is 5.75 Å². The van der Waals surface area contributed by atoms with Crippen LogP contribution < -0.4 is 10.1 Å². The van der Waals surface area contributed by atoms with Crippen LogP contribution in [-0.2, 0) is 29.2 Å². The fourth-order valence-corrected chi connectivity index (χ4v) is 2.64. The zero-order chi connectivity index (χ0) is 19.6. The van der Waals surface area contributed by atoms with E-state index in [-0.39, 0.29) is 18.2 Å². The smallest absolute Gasteiger partial charge is 0.387 e. The van der Waals surface area contributed by atoms with Crippen molar-refractivity contribution in [3.63, 3.8) is 0 Å². The first-order valence-electron chi connectivity index (χ1n) is 8.52. The number of hydrogen-bond donors (Lipinski definition) is 1. The Morgan fingerprint density at radius 2 is 1.81 bits per heavy atom. The first-order chi connectivity index (χ1) is 13.0. The predicted octanol–water partition coefficient (Wildman–Crippen LogP) is 3.18. The van der Waals surface area contributed by atoms with E-state index in [1.54, 1.807) is 19.2 Å². The quantitative estimate of drug-likeness (QED) is 0.690. The highest BCUT2D eigenvalue weighted by Gasteiger charge is 2.08. The molecule has 0 aromatic heterocycles. The van der Waals surface area contributed by atoms with E-state index in [2.05, 4.69) is 10.1 Å². The molecule has 1 amide bonds. The predicted molar refractivity (Wildman–Crippen MR) is 98.4 cm³/mol. The summed E-state index contributed by atoms with van der Waals surface area (Å²) in [4.78, 5) is 14.0. The van der Waals surface area contributed by atoms with Crippen LogP contribution in [0.1, 0.15) is 16.7 Å². The number of halogens is 2. The molecule has 0 saturated carbocycles. The van der Waals surface area contributed by atoms with Gasteiger partial charge in [0.25, 0.3) is 0 Å². The number of methoxy groups -OCH3 is 1. The fourth-order valence-electron chi connectivity index (χ4n) is 2.64. The third kappa shape index (κ3) is 7.72. The maximum absolute atomic E-state index is 12.1. The van der Waals surface area contributed by atoms with Crippen molar-refractivity contribution in [3.05, 3.63) is 65.2 Å². The summed E-state index contributed by atoms with van der Waals surface area (Å²) >= 11 is 0. The molecule has 0 saturated heterocycles. The van der Waals surface area contributed by atoms with E-state index in [4.69, 9.17) is 4.74 Å². The Morgan fingerprint density at radius 1 is 1.11 bits per heavy atom. The molecule has 5 nitrogen and oxygen atoms in total. The summed E-state index contributed by atoms with van der Waals surface area (Å²) in [5.74, 6) is 0.0251. The van der Waals surface area contributed by atoms with Crippen LogP contribution in [0, 0.1) is 0 Å². The monoisotopic (exact) mass is 378 g/mol. The molecule has 0 atom stereocenters. The zero-order valence-electron chi connectivity index (χ0n) is 15.5. The normalized spacial score (nSPS) is 11.0. The number of benzene rings is 2. The van der Waals surface area contributed by atoms with E-state index >= 15 is 0 Å². The van der Waals surface area contributed by atoms with E-state index in [1.165, 1.54) is 12.1 Å². The summed E-state index contributed by atoms with van der Waals surface area (Å²) in [5.41, 5.74) is 2.97. The van der Waals surface area contributed by atoms with Crippen molar-refractivity contribution in [2.45, 2.75) is 26.3 Å². The minimum absolute atomic E-state index is 0.0905. The van der Waals surface area contributed by atoms with Crippen LogP contribution in [0.5, 0.6) is 5.75 Å². The molecule has 7 heteroatoms. The van der Waals surface area contributed by atoms with Gasteiger partial charge in [-0.25, -0.2) is 0 Å². The van der Waals surface area contributed by atoms with Crippen LogP contribution in [0.15, 0.2) is 48.5 Å². The molecule has 2 aromatic carbocycles. The van der Waals surface area contributed by atoms with Crippen LogP contribution in [0.3, 0.4) is 0 Å². The highest BCUT2D eigenvalue weighted by molar-refractivity contribution is 5.77. The van der Waals surface area contributed by atoms with Crippen molar-refractivity contribution >= 4 is 5.91 Å². The van der Waals surface area contributed by atoms with Crippen molar-refractivity contribution in [2.75, 3.05) is 20.7 Å². The van der Waals surface area contributed by atoms with E-state index in [1.807, 2.05) is 36.2 Å². The lowest BCUT2D eigenvalue weighted by atomic mass is 10.1. The molecule has 0 unspecified atom stereocenters. The van der Waals surface area contributed by atoms with Gasteiger partial charge in [-0.15, -0.1) is 0 Å². The van der Waals surface area contributed by atoms with Crippen LogP contribution in [0.2, 0.25) is 0 Å². The second-order valence-corrected chi connectivity index (χ2v) is 6.22. The van der Waals surface area contributed by atoms with Gasteiger partial charge < -0.3 is 14.8 Å². The average Bonchev–Trinajstić information content (AvgIpc) is 2.62. The van der Waals surface area contributed by atoms with Crippen molar-refractivity contribution in [2.24, 2.45) is 0 Å². The SMILES string of the molecule is COCc1cccc(CNC(=O)CN(C)Cc2ccc(OC(F)F)cc2)c1. The molecule has 0 aliphatic rings. The first-order valence-corrected chi connectivity index (χ1v) is 8.52. The van der Waals surface area contributed by atoms with E-state index in [0.717, 1.165) is 16.7 Å². The van der Waals surface area contributed by atoms with Crippen molar-refractivity contribution < 1.29 is 23.0 Å². The Hall–Kier alpha value is -2.51. The van der Waals surface area contributed by atoms with Crippen LogP contribution in [-0.4, -0.2) is 38.1 Å². The molecular weight excluding hydrogens is 354 g/mol. The van der Waals surface area contributed by atoms with Gasteiger partial charge in [0.05, 0.1) is 13.2 Å². The molecule has 2 aromatic rings. The summed E-state index contributed by atoms with van der Waals surface area (Å²) in [5, 5.41) is 2.89. The number of nitrogens with zero attached hydrogens (tertiary/aromatic N) is 1. The van der Waals surface area contributed by atoms with Gasteiger partial charge in [-0.3, -0.25) is 9.69 Å². The standard InChI is InChI=1S/C20H24F2N2O3/c1-24(12-15-6-8-18(9-7-15)27-20(21)22)13-19(25)23-11-16-4-3-5-17(10-16)14-26-2/h3-10,20H,11-14H2,1-2H3,(H,23,25). The zero-order valence-corrected chi connectivity index (χ0v) is 15.5. The number of rotatable bonds is 10. The summed E-state index contributed by atoms with van der Waals surface area (Å²) in [6.45, 7) is -1.11. The summed E-state index contributed by atoms with van der Waals surface area (Å²) < 4.78 is 33.7. The minimum atomic E-state index is -2.84.